The number of hydrogen-bond acceptors (Lipinski definition) is 2. The molecule has 18 heavy (non-hydrogen) atoms. The molecule has 1 fully saturated rings. The summed E-state index contributed by atoms with van der Waals surface area (Å²) in [5.74, 6) is 1.34. The van der Waals surface area contributed by atoms with Gasteiger partial charge >= 0.3 is 0 Å². The molecule has 0 spiro atoms. The van der Waals surface area contributed by atoms with Gasteiger partial charge in [0.1, 0.15) is 6.04 Å². The molecule has 96 valence electrons. The van der Waals surface area contributed by atoms with E-state index in [0.717, 1.165) is 11.6 Å². The number of nitrogens with zero attached hydrogens (tertiary/aromatic N) is 1. The molecule has 1 N–H and O–H groups in total. The highest BCUT2D eigenvalue weighted by molar-refractivity contribution is 5.47. The summed E-state index contributed by atoms with van der Waals surface area (Å²) in [4.78, 5) is 0. The maximum absolute atomic E-state index is 9.36. The Morgan fingerprint density at radius 2 is 2.00 bits per heavy atom. The Kier molecular flexibility index (Phi) is 4.25. The second-order valence-corrected chi connectivity index (χ2v) is 5.64. The number of anilines is 1. The summed E-state index contributed by atoms with van der Waals surface area (Å²) in [7, 11) is 0. The summed E-state index contributed by atoms with van der Waals surface area (Å²) in [6.45, 7) is 4.39. The molecule has 0 heterocycles. The average molecular weight is 242 g/mol. The van der Waals surface area contributed by atoms with Crippen molar-refractivity contribution in [2.75, 3.05) is 5.32 Å². The molecule has 0 saturated heterocycles. The minimum Gasteiger partial charge on any atom is -0.370 e. The lowest BCUT2D eigenvalue weighted by atomic mass is 9.79. The van der Waals surface area contributed by atoms with Crippen molar-refractivity contribution in [3.63, 3.8) is 0 Å². The monoisotopic (exact) mass is 242 g/mol. The van der Waals surface area contributed by atoms with E-state index in [1.54, 1.807) is 0 Å². The Balaban J connectivity index is 1.99. The topological polar surface area (TPSA) is 35.8 Å². The van der Waals surface area contributed by atoms with Crippen molar-refractivity contribution in [2.45, 2.75) is 45.6 Å². The fourth-order valence-corrected chi connectivity index (χ4v) is 2.79. The number of aryl methyl sites for hydroxylation is 1. The maximum Gasteiger partial charge on any atom is 0.117 e. The first-order chi connectivity index (χ1) is 8.69. The zero-order valence-electron chi connectivity index (χ0n) is 11.3. The molecule has 1 unspecified atom stereocenters. The number of hydrogen-bond donors (Lipinski definition) is 1. The highest BCUT2D eigenvalue weighted by Crippen LogP contribution is 2.31. The molecule has 1 atom stereocenters. The predicted molar refractivity (Wildman–Crippen MR) is 75.3 cm³/mol. The molecular formula is C16H22N2. The van der Waals surface area contributed by atoms with Crippen molar-refractivity contribution in [2.24, 2.45) is 11.8 Å². The SMILES string of the molecule is Cc1cccc(NC(C#N)C2CCC(C)CC2)c1. The van der Waals surface area contributed by atoms with Gasteiger partial charge in [-0.25, -0.2) is 0 Å². The largest absolute Gasteiger partial charge is 0.370 e. The first-order valence-corrected chi connectivity index (χ1v) is 6.92. The molecule has 0 amide bonds. The molecule has 2 heteroatoms. The Morgan fingerprint density at radius 3 is 2.61 bits per heavy atom. The average Bonchev–Trinajstić information content (AvgIpc) is 2.37. The van der Waals surface area contributed by atoms with E-state index in [9.17, 15) is 5.26 Å². The standard InChI is InChI=1S/C16H22N2/c1-12-6-8-14(9-7-12)16(11-17)18-15-5-3-4-13(2)10-15/h3-5,10,12,14,16,18H,6-9H2,1-2H3. The lowest BCUT2D eigenvalue weighted by molar-refractivity contribution is 0.282. The van der Waals surface area contributed by atoms with E-state index in [2.05, 4.69) is 37.4 Å². The molecule has 1 aliphatic carbocycles. The van der Waals surface area contributed by atoms with E-state index >= 15 is 0 Å². The van der Waals surface area contributed by atoms with Gasteiger partial charge in [-0.15, -0.1) is 0 Å². The van der Waals surface area contributed by atoms with Crippen LogP contribution in [0.5, 0.6) is 0 Å². The Bertz CT molecular complexity index is 425. The molecule has 0 aliphatic heterocycles. The second kappa shape index (κ2) is 5.91. The van der Waals surface area contributed by atoms with Crippen molar-refractivity contribution in [1.82, 2.24) is 0 Å². The Hall–Kier alpha value is -1.49. The van der Waals surface area contributed by atoms with Crippen LogP contribution in [0.2, 0.25) is 0 Å². The van der Waals surface area contributed by atoms with Crippen LogP contribution in [0.25, 0.3) is 0 Å². The third kappa shape index (κ3) is 3.26. The van der Waals surface area contributed by atoms with Crippen LogP contribution in [0.15, 0.2) is 24.3 Å². The lowest BCUT2D eigenvalue weighted by Gasteiger charge is -2.30. The molecule has 0 bridgehead atoms. The molecule has 1 saturated carbocycles. The van der Waals surface area contributed by atoms with E-state index in [4.69, 9.17) is 0 Å². The van der Waals surface area contributed by atoms with Crippen LogP contribution in [0.3, 0.4) is 0 Å². The van der Waals surface area contributed by atoms with Crippen molar-refractivity contribution in [3.05, 3.63) is 29.8 Å². The van der Waals surface area contributed by atoms with Crippen LogP contribution in [-0.4, -0.2) is 6.04 Å². The molecule has 2 rings (SSSR count). The van der Waals surface area contributed by atoms with Crippen molar-refractivity contribution in [3.8, 4) is 6.07 Å². The van der Waals surface area contributed by atoms with Gasteiger partial charge in [-0.3, -0.25) is 0 Å². The van der Waals surface area contributed by atoms with Crippen LogP contribution >= 0.6 is 0 Å². The van der Waals surface area contributed by atoms with Gasteiger partial charge in [-0.1, -0.05) is 31.9 Å². The predicted octanol–water partition coefficient (Wildman–Crippen LogP) is 4.13. The van der Waals surface area contributed by atoms with Gasteiger partial charge in [0.2, 0.25) is 0 Å². The fraction of sp³-hybridized carbons (Fsp3) is 0.562. The summed E-state index contributed by atoms with van der Waals surface area (Å²) in [6.07, 6.45) is 4.88. The lowest BCUT2D eigenvalue weighted by Crippen LogP contribution is -2.30. The van der Waals surface area contributed by atoms with Gasteiger partial charge in [0.15, 0.2) is 0 Å². The smallest absolute Gasteiger partial charge is 0.117 e. The minimum absolute atomic E-state index is 0.0423. The molecule has 2 nitrogen and oxygen atoms in total. The van der Waals surface area contributed by atoms with Gasteiger partial charge in [-0.2, -0.15) is 5.26 Å². The van der Waals surface area contributed by atoms with E-state index < -0.39 is 0 Å². The number of rotatable bonds is 3. The van der Waals surface area contributed by atoms with E-state index in [1.165, 1.54) is 31.2 Å². The quantitative estimate of drug-likeness (QED) is 0.865. The number of nitriles is 1. The van der Waals surface area contributed by atoms with Gasteiger partial charge < -0.3 is 5.32 Å². The first kappa shape index (κ1) is 13.0. The molecule has 1 aliphatic rings. The minimum atomic E-state index is -0.0423. The molecule has 0 radical (unpaired) electrons. The van der Waals surface area contributed by atoms with Crippen LogP contribution in [0.4, 0.5) is 5.69 Å². The summed E-state index contributed by atoms with van der Waals surface area (Å²) in [6, 6.07) is 10.7. The van der Waals surface area contributed by atoms with Crippen molar-refractivity contribution < 1.29 is 0 Å². The summed E-state index contributed by atoms with van der Waals surface area (Å²) in [5, 5.41) is 12.8. The highest BCUT2D eigenvalue weighted by atomic mass is 14.9. The Morgan fingerprint density at radius 1 is 1.28 bits per heavy atom. The molecule has 1 aromatic carbocycles. The number of nitrogens with one attached hydrogen (secondary N) is 1. The first-order valence-electron chi connectivity index (χ1n) is 6.92. The summed E-state index contributed by atoms with van der Waals surface area (Å²) < 4.78 is 0. The van der Waals surface area contributed by atoms with Crippen LogP contribution in [0, 0.1) is 30.1 Å². The molecule has 1 aromatic rings. The Labute approximate surface area is 110 Å². The molecule has 0 aromatic heterocycles. The molecular weight excluding hydrogens is 220 g/mol. The highest BCUT2D eigenvalue weighted by Gasteiger charge is 2.25. The van der Waals surface area contributed by atoms with Gasteiger partial charge in [0.25, 0.3) is 0 Å². The van der Waals surface area contributed by atoms with Crippen LogP contribution in [0.1, 0.15) is 38.2 Å². The second-order valence-electron chi connectivity index (χ2n) is 5.64. The zero-order chi connectivity index (χ0) is 13.0. The van der Waals surface area contributed by atoms with E-state index in [0.29, 0.717) is 5.92 Å². The van der Waals surface area contributed by atoms with E-state index in [-0.39, 0.29) is 6.04 Å². The third-order valence-electron chi connectivity index (χ3n) is 4.01. The summed E-state index contributed by atoms with van der Waals surface area (Å²) >= 11 is 0. The fourth-order valence-electron chi connectivity index (χ4n) is 2.79. The normalized spacial score (nSPS) is 25.2. The number of benzene rings is 1. The van der Waals surface area contributed by atoms with Gasteiger partial charge in [-0.05, 0) is 49.3 Å². The maximum atomic E-state index is 9.36. The third-order valence-corrected chi connectivity index (χ3v) is 4.01. The van der Waals surface area contributed by atoms with E-state index in [1.807, 2.05) is 12.1 Å². The van der Waals surface area contributed by atoms with Gasteiger partial charge in [0, 0.05) is 5.69 Å². The van der Waals surface area contributed by atoms with Crippen molar-refractivity contribution in [1.29, 1.82) is 5.26 Å². The van der Waals surface area contributed by atoms with Crippen LogP contribution in [-0.2, 0) is 0 Å². The summed E-state index contributed by atoms with van der Waals surface area (Å²) in [5.41, 5.74) is 2.30. The van der Waals surface area contributed by atoms with Crippen LogP contribution < -0.4 is 5.32 Å². The zero-order valence-corrected chi connectivity index (χ0v) is 11.3. The van der Waals surface area contributed by atoms with Gasteiger partial charge in [0.05, 0.1) is 6.07 Å². The van der Waals surface area contributed by atoms with Crippen molar-refractivity contribution >= 4 is 5.69 Å².